The van der Waals surface area contributed by atoms with Crippen molar-refractivity contribution in [1.82, 2.24) is 0 Å². The Balaban J connectivity index is 2.15. The lowest BCUT2D eigenvalue weighted by atomic mass is 9.73. The number of aryl methyl sites for hydroxylation is 1. The minimum Gasteiger partial charge on any atom is -0.330 e. The molecule has 2 atom stereocenters. The molecule has 0 heterocycles. The molecule has 0 fully saturated rings. The molecular formula is C18H29N. The summed E-state index contributed by atoms with van der Waals surface area (Å²) in [6, 6.07) is 8.96. The Morgan fingerprint density at radius 3 is 2.74 bits per heavy atom. The van der Waals surface area contributed by atoms with Crippen LogP contribution in [0.3, 0.4) is 0 Å². The van der Waals surface area contributed by atoms with Crippen LogP contribution in [-0.4, -0.2) is 6.54 Å². The topological polar surface area (TPSA) is 26.0 Å². The van der Waals surface area contributed by atoms with Crippen molar-refractivity contribution in [3.63, 3.8) is 0 Å². The molecule has 1 aromatic carbocycles. The molecule has 0 saturated carbocycles. The average molecular weight is 259 g/mol. The summed E-state index contributed by atoms with van der Waals surface area (Å²) in [6.07, 6.45) is 9.10. The number of unbranched alkanes of at least 4 members (excludes halogenated alkanes) is 1. The highest BCUT2D eigenvalue weighted by atomic mass is 14.6. The van der Waals surface area contributed by atoms with Gasteiger partial charge in [-0.3, -0.25) is 0 Å². The van der Waals surface area contributed by atoms with Crippen LogP contribution in [0.5, 0.6) is 0 Å². The molecule has 1 heteroatoms. The van der Waals surface area contributed by atoms with E-state index in [1.54, 1.807) is 11.1 Å². The van der Waals surface area contributed by atoms with Crippen LogP contribution in [0.4, 0.5) is 0 Å². The standard InChI is InChI=1S/C18H29N/c1-3-5-8-15(4-2)13-18(14-19)12-11-16-9-6-7-10-17(16)18/h6-7,9-10,15H,3-5,8,11-14,19H2,1-2H3. The number of rotatable bonds is 7. The Bertz CT molecular complexity index is 398. The third-order valence-electron chi connectivity index (χ3n) is 5.08. The van der Waals surface area contributed by atoms with Gasteiger partial charge in [0.25, 0.3) is 0 Å². The highest BCUT2D eigenvalue weighted by Gasteiger charge is 2.38. The molecule has 0 aliphatic heterocycles. The molecule has 1 aliphatic carbocycles. The van der Waals surface area contributed by atoms with Gasteiger partial charge in [-0.05, 0) is 36.3 Å². The van der Waals surface area contributed by atoms with Gasteiger partial charge in [-0.15, -0.1) is 0 Å². The van der Waals surface area contributed by atoms with Gasteiger partial charge in [0.1, 0.15) is 0 Å². The van der Waals surface area contributed by atoms with E-state index in [-0.39, 0.29) is 5.41 Å². The van der Waals surface area contributed by atoms with Gasteiger partial charge in [-0.25, -0.2) is 0 Å². The summed E-state index contributed by atoms with van der Waals surface area (Å²) >= 11 is 0. The number of fused-ring (bicyclic) bond motifs is 1. The molecule has 106 valence electrons. The molecule has 1 aromatic rings. The van der Waals surface area contributed by atoms with E-state index >= 15 is 0 Å². The lowest BCUT2D eigenvalue weighted by Crippen LogP contribution is -2.35. The largest absolute Gasteiger partial charge is 0.330 e. The van der Waals surface area contributed by atoms with Gasteiger partial charge in [-0.1, -0.05) is 63.8 Å². The lowest BCUT2D eigenvalue weighted by molar-refractivity contribution is 0.294. The minimum atomic E-state index is 0.269. The SMILES string of the molecule is CCCCC(CC)CC1(CN)CCc2ccccc21. The fourth-order valence-corrected chi connectivity index (χ4v) is 3.77. The summed E-state index contributed by atoms with van der Waals surface area (Å²) in [5.74, 6) is 0.842. The van der Waals surface area contributed by atoms with Crippen molar-refractivity contribution in [2.45, 2.75) is 64.2 Å². The van der Waals surface area contributed by atoms with E-state index in [2.05, 4.69) is 38.1 Å². The van der Waals surface area contributed by atoms with Crippen LogP contribution in [0.15, 0.2) is 24.3 Å². The fraction of sp³-hybridized carbons (Fsp3) is 0.667. The monoisotopic (exact) mass is 259 g/mol. The van der Waals surface area contributed by atoms with Gasteiger partial charge < -0.3 is 5.73 Å². The molecule has 1 nitrogen and oxygen atoms in total. The van der Waals surface area contributed by atoms with Crippen LogP contribution >= 0.6 is 0 Å². The fourth-order valence-electron chi connectivity index (χ4n) is 3.77. The Morgan fingerprint density at radius 2 is 2.05 bits per heavy atom. The van der Waals surface area contributed by atoms with Gasteiger partial charge in [0.2, 0.25) is 0 Å². The number of nitrogens with two attached hydrogens (primary N) is 1. The van der Waals surface area contributed by atoms with Crippen LogP contribution < -0.4 is 5.73 Å². The van der Waals surface area contributed by atoms with Crippen LogP contribution in [-0.2, 0) is 11.8 Å². The highest BCUT2D eigenvalue weighted by Crippen LogP contribution is 2.43. The Labute approximate surface area is 118 Å². The first-order chi connectivity index (χ1) is 9.25. The van der Waals surface area contributed by atoms with Gasteiger partial charge in [0, 0.05) is 12.0 Å². The Hall–Kier alpha value is -0.820. The van der Waals surface area contributed by atoms with E-state index < -0.39 is 0 Å². The molecule has 2 unspecified atom stereocenters. The van der Waals surface area contributed by atoms with Crippen LogP contribution in [0.1, 0.15) is 63.5 Å². The summed E-state index contributed by atoms with van der Waals surface area (Å²) in [7, 11) is 0. The molecule has 2 N–H and O–H groups in total. The summed E-state index contributed by atoms with van der Waals surface area (Å²) < 4.78 is 0. The highest BCUT2D eigenvalue weighted by molar-refractivity contribution is 5.39. The van der Waals surface area contributed by atoms with Crippen molar-refractivity contribution < 1.29 is 0 Å². The molecule has 19 heavy (non-hydrogen) atoms. The van der Waals surface area contributed by atoms with E-state index in [0.29, 0.717) is 0 Å². The molecule has 0 saturated heterocycles. The number of hydrogen-bond donors (Lipinski definition) is 1. The van der Waals surface area contributed by atoms with Gasteiger partial charge in [0.05, 0.1) is 0 Å². The number of hydrogen-bond acceptors (Lipinski definition) is 1. The maximum atomic E-state index is 6.22. The van der Waals surface area contributed by atoms with Crippen molar-refractivity contribution >= 4 is 0 Å². The molecule has 0 amide bonds. The van der Waals surface area contributed by atoms with E-state index in [4.69, 9.17) is 5.73 Å². The minimum absolute atomic E-state index is 0.269. The van der Waals surface area contributed by atoms with E-state index in [0.717, 1.165) is 12.5 Å². The maximum absolute atomic E-state index is 6.22. The second-order valence-corrected chi connectivity index (χ2v) is 6.26. The van der Waals surface area contributed by atoms with E-state index in [1.807, 2.05) is 0 Å². The van der Waals surface area contributed by atoms with Crippen molar-refractivity contribution in [2.24, 2.45) is 11.7 Å². The van der Waals surface area contributed by atoms with Crippen LogP contribution in [0.2, 0.25) is 0 Å². The molecule has 0 radical (unpaired) electrons. The molecule has 1 aliphatic rings. The quantitative estimate of drug-likeness (QED) is 0.770. The zero-order valence-electron chi connectivity index (χ0n) is 12.6. The average Bonchev–Trinajstić information content (AvgIpc) is 2.83. The van der Waals surface area contributed by atoms with Crippen molar-refractivity contribution in [2.75, 3.05) is 6.54 Å². The first kappa shape index (κ1) is 14.6. The molecule has 0 spiro atoms. The first-order valence-electron chi connectivity index (χ1n) is 8.04. The predicted octanol–water partition coefficient (Wildman–Crippen LogP) is 4.44. The zero-order chi connectivity index (χ0) is 13.7. The van der Waals surface area contributed by atoms with Crippen molar-refractivity contribution in [3.8, 4) is 0 Å². The van der Waals surface area contributed by atoms with Crippen molar-refractivity contribution in [1.29, 1.82) is 0 Å². The molecule has 0 aromatic heterocycles. The molecule has 0 bridgehead atoms. The lowest BCUT2D eigenvalue weighted by Gasteiger charge is -2.33. The third kappa shape index (κ3) is 3.02. The summed E-state index contributed by atoms with van der Waals surface area (Å²) in [6.45, 7) is 5.44. The Morgan fingerprint density at radius 1 is 1.26 bits per heavy atom. The van der Waals surface area contributed by atoms with Crippen LogP contribution in [0, 0.1) is 5.92 Å². The summed E-state index contributed by atoms with van der Waals surface area (Å²) in [4.78, 5) is 0. The van der Waals surface area contributed by atoms with E-state index in [1.165, 1.54) is 44.9 Å². The second-order valence-electron chi connectivity index (χ2n) is 6.26. The smallest absolute Gasteiger partial charge is 0.00840 e. The third-order valence-corrected chi connectivity index (χ3v) is 5.08. The van der Waals surface area contributed by atoms with Gasteiger partial charge in [0.15, 0.2) is 0 Å². The summed E-state index contributed by atoms with van der Waals surface area (Å²) in [5.41, 5.74) is 9.57. The normalized spacial score (nSPS) is 23.3. The van der Waals surface area contributed by atoms with Gasteiger partial charge in [-0.2, -0.15) is 0 Å². The Kier molecular flexibility index (Phi) is 5.04. The van der Waals surface area contributed by atoms with E-state index in [9.17, 15) is 0 Å². The second kappa shape index (κ2) is 6.56. The zero-order valence-corrected chi connectivity index (χ0v) is 12.6. The molecular weight excluding hydrogens is 230 g/mol. The predicted molar refractivity (Wildman–Crippen MR) is 83.4 cm³/mol. The maximum Gasteiger partial charge on any atom is 0.00840 e. The van der Waals surface area contributed by atoms with Crippen molar-refractivity contribution in [3.05, 3.63) is 35.4 Å². The number of benzene rings is 1. The first-order valence-corrected chi connectivity index (χ1v) is 8.04. The summed E-state index contributed by atoms with van der Waals surface area (Å²) in [5, 5.41) is 0. The molecule has 2 rings (SSSR count). The van der Waals surface area contributed by atoms with Crippen LogP contribution in [0.25, 0.3) is 0 Å². The van der Waals surface area contributed by atoms with Gasteiger partial charge >= 0.3 is 0 Å².